The molecule has 1 aromatic carbocycles. The smallest absolute Gasteiger partial charge is 0.258 e. The van der Waals surface area contributed by atoms with Gasteiger partial charge in [-0.2, -0.15) is 10.2 Å². The maximum Gasteiger partial charge on any atom is 0.258 e. The number of nitrogens with zero attached hydrogens (tertiary/aromatic N) is 4. The van der Waals surface area contributed by atoms with Gasteiger partial charge in [0.15, 0.2) is 0 Å². The average Bonchev–Trinajstić information content (AvgIpc) is 3.33. The highest BCUT2D eigenvalue weighted by molar-refractivity contribution is 6.05. The molecule has 8 heteroatoms. The molecule has 4 rings (SSSR count). The maximum absolute atomic E-state index is 14.0. The Kier molecular flexibility index (Phi) is 3.98. The van der Waals surface area contributed by atoms with Crippen molar-refractivity contribution in [1.29, 1.82) is 0 Å². The van der Waals surface area contributed by atoms with Crippen LogP contribution in [-0.2, 0) is 0 Å². The third-order valence-electron chi connectivity index (χ3n) is 3.79. The summed E-state index contributed by atoms with van der Waals surface area (Å²) in [6.45, 7) is 0. The van der Waals surface area contributed by atoms with Crippen molar-refractivity contribution in [2.75, 3.05) is 5.32 Å². The molecule has 0 bridgehead atoms. The number of carbonyl (C=O) groups is 1. The topological polar surface area (TPSA) is 88.5 Å². The highest BCUT2D eigenvalue weighted by atomic mass is 19.1. The van der Waals surface area contributed by atoms with E-state index >= 15 is 0 Å². The molecular formula is C18H13FN6O. The Bertz CT molecular complexity index is 1060. The first-order chi connectivity index (χ1) is 12.7. The van der Waals surface area contributed by atoms with Gasteiger partial charge in [0.1, 0.15) is 5.82 Å². The number of hydrogen-bond acceptors (Lipinski definition) is 4. The fourth-order valence-electron chi connectivity index (χ4n) is 2.52. The van der Waals surface area contributed by atoms with Gasteiger partial charge in [0.25, 0.3) is 5.91 Å². The summed E-state index contributed by atoms with van der Waals surface area (Å²) in [5.74, 6) is -0.782. The minimum Gasteiger partial charge on any atom is -0.319 e. The van der Waals surface area contributed by atoms with Gasteiger partial charge >= 0.3 is 0 Å². The first-order valence-electron chi connectivity index (χ1n) is 7.77. The predicted molar refractivity (Wildman–Crippen MR) is 93.3 cm³/mol. The normalized spacial score (nSPS) is 10.7. The van der Waals surface area contributed by atoms with Gasteiger partial charge in [0.2, 0.25) is 0 Å². The lowest BCUT2D eigenvalue weighted by Gasteiger charge is -2.05. The van der Waals surface area contributed by atoms with Crippen LogP contribution >= 0.6 is 0 Å². The van der Waals surface area contributed by atoms with E-state index in [1.807, 2.05) is 6.07 Å². The van der Waals surface area contributed by atoms with E-state index in [-0.39, 0.29) is 5.91 Å². The highest BCUT2D eigenvalue weighted by Gasteiger charge is 2.16. The molecule has 4 aromatic rings. The van der Waals surface area contributed by atoms with E-state index in [1.54, 1.807) is 47.5 Å². The van der Waals surface area contributed by atoms with Gasteiger partial charge in [0, 0.05) is 18.0 Å². The molecule has 0 saturated heterocycles. The van der Waals surface area contributed by atoms with Crippen LogP contribution in [0.5, 0.6) is 0 Å². The van der Waals surface area contributed by atoms with E-state index in [0.717, 1.165) is 5.69 Å². The van der Waals surface area contributed by atoms with Gasteiger partial charge in [-0.05, 0) is 24.3 Å². The van der Waals surface area contributed by atoms with E-state index in [0.29, 0.717) is 22.5 Å². The zero-order valence-electron chi connectivity index (χ0n) is 13.4. The number of H-pyrrole nitrogens is 1. The van der Waals surface area contributed by atoms with E-state index in [2.05, 4.69) is 25.6 Å². The zero-order valence-corrected chi connectivity index (χ0v) is 13.4. The van der Waals surface area contributed by atoms with Crippen molar-refractivity contribution in [3.63, 3.8) is 0 Å². The third-order valence-corrected chi connectivity index (χ3v) is 3.79. The van der Waals surface area contributed by atoms with Crippen LogP contribution in [0.4, 0.5) is 10.1 Å². The van der Waals surface area contributed by atoms with Gasteiger partial charge in [-0.1, -0.05) is 12.1 Å². The summed E-state index contributed by atoms with van der Waals surface area (Å²) in [5.41, 5.74) is 2.20. The van der Waals surface area contributed by atoms with Crippen LogP contribution in [0.25, 0.3) is 16.9 Å². The Morgan fingerprint density at radius 1 is 1.12 bits per heavy atom. The van der Waals surface area contributed by atoms with Crippen LogP contribution in [0.3, 0.4) is 0 Å². The number of anilines is 1. The first-order valence-corrected chi connectivity index (χ1v) is 7.77. The van der Waals surface area contributed by atoms with Crippen molar-refractivity contribution in [2.45, 2.75) is 0 Å². The second-order valence-electron chi connectivity index (χ2n) is 5.48. The summed E-state index contributed by atoms with van der Waals surface area (Å²) in [5, 5.41) is 13.5. The summed E-state index contributed by atoms with van der Waals surface area (Å²) < 4.78 is 15.6. The Morgan fingerprint density at radius 3 is 2.81 bits per heavy atom. The molecule has 3 heterocycles. The number of rotatable bonds is 4. The van der Waals surface area contributed by atoms with Crippen molar-refractivity contribution >= 4 is 11.6 Å². The quantitative estimate of drug-likeness (QED) is 0.593. The molecule has 0 aliphatic rings. The van der Waals surface area contributed by atoms with Gasteiger partial charge < -0.3 is 5.32 Å². The number of hydrogen-bond donors (Lipinski definition) is 2. The van der Waals surface area contributed by atoms with Crippen LogP contribution in [0.15, 0.2) is 67.4 Å². The van der Waals surface area contributed by atoms with E-state index < -0.39 is 5.82 Å². The van der Waals surface area contributed by atoms with Crippen molar-refractivity contribution in [1.82, 2.24) is 25.0 Å². The summed E-state index contributed by atoms with van der Waals surface area (Å²) in [6.07, 6.45) is 7.77. The maximum atomic E-state index is 14.0. The van der Waals surface area contributed by atoms with Gasteiger partial charge in [0.05, 0.1) is 41.2 Å². The standard InChI is InChI=1S/C18H13FN6O/c19-15-6-2-1-5-14(15)17-16(10-21-24-17)23-18(26)12-8-22-25(11-12)13-4-3-7-20-9-13/h1-11H,(H,21,24)(H,23,26). The third kappa shape index (κ3) is 2.95. The number of pyridine rings is 1. The molecule has 128 valence electrons. The number of halogens is 1. The SMILES string of the molecule is O=C(Nc1cn[nH]c1-c1ccccc1F)c1cnn(-c2cccnc2)c1. The van der Waals surface area contributed by atoms with Crippen LogP contribution in [-0.4, -0.2) is 30.9 Å². The number of carbonyl (C=O) groups excluding carboxylic acids is 1. The van der Waals surface area contributed by atoms with Crippen molar-refractivity contribution in [2.24, 2.45) is 0 Å². The fourth-order valence-corrected chi connectivity index (χ4v) is 2.52. The average molecular weight is 348 g/mol. The Balaban J connectivity index is 1.58. The summed E-state index contributed by atoms with van der Waals surface area (Å²) in [6, 6.07) is 9.87. The molecule has 0 aliphatic carbocycles. The molecule has 7 nitrogen and oxygen atoms in total. The van der Waals surface area contributed by atoms with Crippen LogP contribution in [0.1, 0.15) is 10.4 Å². The molecule has 3 aromatic heterocycles. The second-order valence-corrected chi connectivity index (χ2v) is 5.48. The van der Waals surface area contributed by atoms with E-state index in [1.165, 1.54) is 18.5 Å². The molecule has 1 amide bonds. The summed E-state index contributed by atoms with van der Waals surface area (Å²) in [4.78, 5) is 16.5. The molecule has 0 atom stereocenters. The largest absolute Gasteiger partial charge is 0.319 e. The molecule has 0 unspecified atom stereocenters. The molecule has 0 spiro atoms. The molecule has 26 heavy (non-hydrogen) atoms. The lowest BCUT2D eigenvalue weighted by molar-refractivity contribution is 0.102. The molecule has 0 radical (unpaired) electrons. The van der Waals surface area contributed by atoms with Crippen molar-refractivity contribution in [3.8, 4) is 16.9 Å². The van der Waals surface area contributed by atoms with E-state index in [9.17, 15) is 9.18 Å². The molecule has 0 aliphatic heterocycles. The van der Waals surface area contributed by atoms with Crippen molar-refractivity contribution in [3.05, 3.63) is 78.8 Å². The number of aromatic nitrogens is 5. The van der Waals surface area contributed by atoms with Gasteiger partial charge in [-0.3, -0.25) is 14.9 Å². The molecule has 2 N–H and O–H groups in total. The Morgan fingerprint density at radius 2 is 2.00 bits per heavy atom. The number of benzene rings is 1. The van der Waals surface area contributed by atoms with Crippen LogP contribution in [0, 0.1) is 5.82 Å². The number of amides is 1. The fraction of sp³-hybridized carbons (Fsp3) is 0. The number of nitrogens with one attached hydrogen (secondary N) is 2. The highest BCUT2D eigenvalue weighted by Crippen LogP contribution is 2.27. The lowest BCUT2D eigenvalue weighted by atomic mass is 10.1. The predicted octanol–water partition coefficient (Wildman–Crippen LogP) is 3.05. The molecule has 0 fully saturated rings. The second kappa shape index (κ2) is 6.60. The molecule has 0 saturated carbocycles. The monoisotopic (exact) mass is 348 g/mol. The summed E-state index contributed by atoms with van der Waals surface area (Å²) in [7, 11) is 0. The summed E-state index contributed by atoms with van der Waals surface area (Å²) >= 11 is 0. The van der Waals surface area contributed by atoms with Crippen LogP contribution in [0.2, 0.25) is 0 Å². The Hall–Kier alpha value is -3.81. The minimum absolute atomic E-state index is 0.325. The van der Waals surface area contributed by atoms with Gasteiger partial charge in [-0.15, -0.1) is 0 Å². The van der Waals surface area contributed by atoms with E-state index in [4.69, 9.17) is 0 Å². The molecular weight excluding hydrogens is 335 g/mol. The van der Waals surface area contributed by atoms with Crippen LogP contribution < -0.4 is 5.32 Å². The Labute approximate surface area is 147 Å². The van der Waals surface area contributed by atoms with Crippen molar-refractivity contribution < 1.29 is 9.18 Å². The minimum atomic E-state index is -0.406. The zero-order chi connectivity index (χ0) is 17.9. The first kappa shape index (κ1) is 15.7. The number of aromatic amines is 1. The van der Waals surface area contributed by atoms with Gasteiger partial charge in [-0.25, -0.2) is 9.07 Å². The lowest BCUT2D eigenvalue weighted by Crippen LogP contribution is -2.11.